The van der Waals surface area contributed by atoms with Crippen LogP contribution in [-0.2, 0) is 0 Å². The van der Waals surface area contributed by atoms with Gasteiger partial charge in [-0.25, -0.2) is 0 Å². The van der Waals surface area contributed by atoms with Crippen molar-refractivity contribution in [1.29, 1.82) is 5.26 Å². The third kappa shape index (κ3) is 2.76. The number of Topliss-reactive ketones (excluding diaryl/α,β-unsaturated/α-hetero) is 2. The third-order valence-corrected chi connectivity index (χ3v) is 3.12. The molecule has 0 aliphatic rings. The van der Waals surface area contributed by atoms with Gasteiger partial charge in [0.25, 0.3) is 5.69 Å². The van der Waals surface area contributed by atoms with Crippen LogP contribution in [0.25, 0.3) is 0 Å². The molecular weight excluding hydrogens is 288 g/mol. The van der Waals surface area contributed by atoms with E-state index in [0.717, 1.165) is 6.07 Å². The quantitative estimate of drug-likeness (QED) is 0.363. The van der Waals surface area contributed by atoms with Crippen molar-refractivity contribution < 1.29 is 18.9 Å². The summed E-state index contributed by atoms with van der Waals surface area (Å²) in [4.78, 5) is 34.6. The van der Waals surface area contributed by atoms with Crippen molar-refractivity contribution >= 4 is 17.3 Å². The van der Waals surface area contributed by atoms with Gasteiger partial charge in [0, 0.05) is 17.7 Å². The molecule has 0 spiro atoms. The summed E-state index contributed by atoms with van der Waals surface area (Å²) in [5, 5.41) is 19.9. The van der Waals surface area contributed by atoms with Crippen molar-refractivity contribution in [2.75, 3.05) is 0 Å². The number of carbonyl (C=O) groups is 2. The van der Waals surface area contributed by atoms with Gasteiger partial charge in [-0.15, -0.1) is 0 Å². The molecule has 22 heavy (non-hydrogen) atoms. The fourth-order valence-electron chi connectivity index (χ4n) is 1.97. The number of nitriles is 1. The second kappa shape index (κ2) is 6.01. The number of carbonyl (C=O) groups excluding carboxylic acids is 2. The maximum absolute atomic E-state index is 12.3. The van der Waals surface area contributed by atoms with Crippen molar-refractivity contribution in [3.63, 3.8) is 0 Å². The molecule has 0 radical (unpaired) electrons. The highest BCUT2D eigenvalue weighted by Crippen LogP contribution is 2.20. The van der Waals surface area contributed by atoms with E-state index in [1.54, 1.807) is 13.0 Å². The first kappa shape index (κ1) is 15.1. The van der Waals surface area contributed by atoms with E-state index in [0.29, 0.717) is 5.76 Å². The molecule has 0 N–H and O–H groups in total. The van der Waals surface area contributed by atoms with Gasteiger partial charge in [-0.1, -0.05) is 12.1 Å². The van der Waals surface area contributed by atoms with Crippen LogP contribution in [0, 0.1) is 34.3 Å². The molecular formula is C15H10N2O5. The minimum atomic E-state index is -1.57. The number of rotatable bonds is 5. The average Bonchev–Trinajstić information content (AvgIpc) is 2.94. The Morgan fingerprint density at radius 1 is 1.32 bits per heavy atom. The molecule has 0 aliphatic heterocycles. The van der Waals surface area contributed by atoms with Gasteiger partial charge >= 0.3 is 0 Å². The van der Waals surface area contributed by atoms with Gasteiger partial charge in [0.05, 0.1) is 22.8 Å². The van der Waals surface area contributed by atoms with Crippen molar-refractivity contribution in [3.05, 3.63) is 63.6 Å². The van der Waals surface area contributed by atoms with E-state index in [4.69, 9.17) is 9.68 Å². The van der Waals surface area contributed by atoms with Gasteiger partial charge in [0.2, 0.25) is 0 Å². The van der Waals surface area contributed by atoms with Crippen LogP contribution in [0.2, 0.25) is 0 Å². The van der Waals surface area contributed by atoms with Crippen molar-refractivity contribution in [2.45, 2.75) is 6.92 Å². The number of non-ortho nitro benzene ring substituents is 1. The second-order valence-electron chi connectivity index (χ2n) is 4.49. The summed E-state index contributed by atoms with van der Waals surface area (Å²) in [5.41, 5.74) is -0.199. The molecule has 1 heterocycles. The number of aryl methyl sites for hydroxylation is 1. The van der Waals surface area contributed by atoms with Crippen LogP contribution in [0.4, 0.5) is 5.69 Å². The van der Waals surface area contributed by atoms with Crippen LogP contribution in [0.3, 0.4) is 0 Å². The Labute approximate surface area is 124 Å². The van der Waals surface area contributed by atoms with Crippen LogP contribution in [-0.4, -0.2) is 16.5 Å². The molecule has 0 unspecified atom stereocenters. The van der Waals surface area contributed by atoms with Crippen LogP contribution in [0.1, 0.15) is 26.5 Å². The zero-order valence-corrected chi connectivity index (χ0v) is 11.5. The number of furan rings is 1. The van der Waals surface area contributed by atoms with Gasteiger partial charge in [0.1, 0.15) is 5.76 Å². The van der Waals surface area contributed by atoms with Crippen molar-refractivity contribution in [2.24, 2.45) is 5.92 Å². The first-order valence-electron chi connectivity index (χ1n) is 6.22. The monoisotopic (exact) mass is 298 g/mol. The summed E-state index contributed by atoms with van der Waals surface area (Å²) in [5.74, 6) is -2.74. The summed E-state index contributed by atoms with van der Waals surface area (Å²) in [6, 6.07) is 7.95. The predicted octanol–water partition coefficient (Wildman–Crippen LogP) is 2.70. The van der Waals surface area contributed by atoms with Gasteiger partial charge in [-0.05, 0) is 13.0 Å². The molecule has 0 saturated carbocycles. The Hall–Kier alpha value is -3.27. The molecule has 7 nitrogen and oxygen atoms in total. The summed E-state index contributed by atoms with van der Waals surface area (Å²) >= 11 is 0. The molecule has 110 valence electrons. The summed E-state index contributed by atoms with van der Waals surface area (Å²) in [7, 11) is 0. The molecule has 1 aromatic carbocycles. The normalized spacial score (nSPS) is 11.5. The SMILES string of the molecule is Cc1occc1C(=O)[C@@H](C#N)C(=O)c1cccc([N+](=O)[O-])c1. The Morgan fingerprint density at radius 2 is 2.05 bits per heavy atom. The smallest absolute Gasteiger partial charge is 0.270 e. The highest BCUT2D eigenvalue weighted by molar-refractivity contribution is 6.18. The standard InChI is InChI=1S/C15H10N2O5/c1-9-12(5-6-22-9)15(19)13(8-16)14(18)10-3-2-4-11(7-10)17(20)21/h2-7,13H,1H3/t13-/m0/s1. The zero-order valence-electron chi connectivity index (χ0n) is 11.5. The maximum atomic E-state index is 12.3. The molecule has 2 rings (SSSR count). The van der Waals surface area contributed by atoms with Crippen molar-refractivity contribution in [1.82, 2.24) is 0 Å². The number of hydrogen-bond acceptors (Lipinski definition) is 6. The molecule has 0 amide bonds. The highest BCUT2D eigenvalue weighted by Gasteiger charge is 2.30. The van der Waals surface area contributed by atoms with Crippen LogP contribution in [0.15, 0.2) is 41.0 Å². The van der Waals surface area contributed by atoms with Gasteiger partial charge < -0.3 is 4.42 Å². The molecule has 0 bridgehead atoms. The second-order valence-corrected chi connectivity index (χ2v) is 4.49. The molecule has 2 aromatic rings. The number of ketones is 2. The van der Waals surface area contributed by atoms with Gasteiger partial charge in [-0.3, -0.25) is 19.7 Å². The Balaban J connectivity index is 2.36. The maximum Gasteiger partial charge on any atom is 0.270 e. The molecule has 0 fully saturated rings. The Bertz CT molecular complexity index is 800. The minimum Gasteiger partial charge on any atom is -0.469 e. The zero-order chi connectivity index (χ0) is 16.3. The summed E-state index contributed by atoms with van der Waals surface area (Å²) < 4.78 is 4.99. The lowest BCUT2D eigenvalue weighted by molar-refractivity contribution is -0.384. The van der Waals surface area contributed by atoms with Gasteiger partial charge in [-0.2, -0.15) is 5.26 Å². The van der Waals surface area contributed by atoms with E-state index in [1.165, 1.54) is 30.5 Å². The molecule has 7 heteroatoms. The molecule has 0 aliphatic carbocycles. The number of nitrogens with zero attached hydrogens (tertiary/aromatic N) is 2. The average molecular weight is 298 g/mol. The topological polar surface area (TPSA) is 114 Å². The number of hydrogen-bond donors (Lipinski definition) is 0. The summed E-state index contributed by atoms with van der Waals surface area (Å²) in [6.45, 7) is 1.54. The minimum absolute atomic E-state index is 0.0600. The molecule has 1 atom stereocenters. The molecule has 1 aromatic heterocycles. The number of benzene rings is 1. The fraction of sp³-hybridized carbons (Fsp3) is 0.133. The first-order valence-corrected chi connectivity index (χ1v) is 6.22. The van der Waals surface area contributed by atoms with E-state index in [9.17, 15) is 19.7 Å². The van der Waals surface area contributed by atoms with Crippen LogP contribution in [0.5, 0.6) is 0 Å². The summed E-state index contributed by atoms with van der Waals surface area (Å²) in [6.07, 6.45) is 1.29. The van der Waals surface area contributed by atoms with Crippen LogP contribution >= 0.6 is 0 Å². The lowest BCUT2D eigenvalue weighted by atomic mass is 9.91. The van der Waals surface area contributed by atoms with Crippen molar-refractivity contribution in [3.8, 4) is 6.07 Å². The Morgan fingerprint density at radius 3 is 2.59 bits per heavy atom. The fourth-order valence-corrected chi connectivity index (χ4v) is 1.97. The predicted molar refractivity (Wildman–Crippen MR) is 74.3 cm³/mol. The van der Waals surface area contributed by atoms with Gasteiger partial charge in [0.15, 0.2) is 17.5 Å². The van der Waals surface area contributed by atoms with E-state index >= 15 is 0 Å². The van der Waals surface area contributed by atoms with E-state index in [-0.39, 0.29) is 16.8 Å². The van der Waals surface area contributed by atoms with E-state index in [2.05, 4.69) is 0 Å². The first-order chi connectivity index (χ1) is 10.5. The lowest BCUT2D eigenvalue weighted by Crippen LogP contribution is -2.23. The van der Waals surface area contributed by atoms with E-state index in [1.807, 2.05) is 0 Å². The third-order valence-electron chi connectivity index (χ3n) is 3.12. The Kier molecular flexibility index (Phi) is 4.13. The van der Waals surface area contributed by atoms with Crippen LogP contribution < -0.4 is 0 Å². The lowest BCUT2D eigenvalue weighted by Gasteiger charge is -2.06. The largest absolute Gasteiger partial charge is 0.469 e. The number of nitro groups is 1. The number of nitro benzene ring substituents is 1. The van der Waals surface area contributed by atoms with E-state index < -0.39 is 22.4 Å². The highest BCUT2D eigenvalue weighted by atomic mass is 16.6. The molecule has 0 saturated heterocycles.